The van der Waals surface area contributed by atoms with E-state index in [1.807, 2.05) is 0 Å². The van der Waals surface area contributed by atoms with E-state index in [1.165, 1.54) is 84.6 Å². The second-order valence-corrected chi connectivity index (χ2v) is 26.9. The number of hydrogen-bond donors (Lipinski definition) is 6. The smallest absolute Gasteiger partial charge is 0.326 e. The van der Waals surface area contributed by atoms with Gasteiger partial charge in [-0.15, -0.1) is 0 Å². The number of carbonyl (C=O) groups is 3. The number of unbranched alkanes of at least 4 members (excludes halogenated alkanes) is 3. The van der Waals surface area contributed by atoms with Crippen LogP contribution in [0.15, 0.2) is 106 Å². The van der Waals surface area contributed by atoms with Gasteiger partial charge in [-0.25, -0.2) is 50.9 Å². The third-order valence-corrected chi connectivity index (χ3v) is 18.2. The molecule has 0 radical (unpaired) electrons. The normalized spacial score (nSPS) is 14.2. The minimum atomic E-state index is -2.46. The molecule has 7 N–H and O–H groups in total. The second kappa shape index (κ2) is 45.2. The van der Waals surface area contributed by atoms with Crippen molar-refractivity contribution in [1.29, 1.82) is 0 Å². The molecule has 3 aliphatic rings. The Labute approximate surface area is 593 Å². The second-order valence-electron chi connectivity index (χ2n) is 25.0. The molecule has 0 unspecified atom stereocenters. The molecule has 6 aromatic heterocycles. The number of rotatable bonds is 37. The van der Waals surface area contributed by atoms with Crippen molar-refractivity contribution in [2.75, 3.05) is 69.5 Å². The Morgan fingerprint density at radius 1 is 0.455 bits per heavy atom. The van der Waals surface area contributed by atoms with Crippen molar-refractivity contribution in [3.05, 3.63) is 163 Å². The van der Waals surface area contributed by atoms with Crippen LogP contribution in [0, 0.1) is 5.95 Å². The first kappa shape index (κ1) is 81.2. The predicted octanol–water partition coefficient (Wildman–Crippen LogP) is 13.8. The van der Waals surface area contributed by atoms with Crippen LogP contribution in [0.4, 0.5) is 42.4 Å². The van der Waals surface area contributed by atoms with E-state index in [0.717, 1.165) is 118 Å². The average Bonchev–Trinajstić information content (AvgIpc) is 1.04. The summed E-state index contributed by atoms with van der Waals surface area (Å²) in [6, 6.07) is 21.6. The summed E-state index contributed by atoms with van der Waals surface area (Å²) in [5, 5.41) is 33.6. The Kier molecular flexibility index (Phi) is 37.0. The maximum Gasteiger partial charge on any atom is 0.326 e. The Hall–Kier alpha value is -6.78. The highest BCUT2D eigenvalue weighted by Crippen LogP contribution is 2.24. The molecule has 6 heterocycles. The lowest BCUT2D eigenvalue weighted by molar-refractivity contribution is -0.139. The number of alkyl halides is 6. The molecule has 0 saturated carbocycles. The summed E-state index contributed by atoms with van der Waals surface area (Å²) >= 11 is 6.41. The van der Waals surface area contributed by atoms with Gasteiger partial charge in [-0.1, -0.05) is 56.1 Å². The number of hydrogen-bond acceptors (Lipinski definition) is 15. The molecule has 99 heavy (non-hydrogen) atoms. The summed E-state index contributed by atoms with van der Waals surface area (Å²) in [6.45, 7) is 1.27. The number of nitrogens with zero attached hydrogens (tertiary/aromatic N) is 9. The van der Waals surface area contributed by atoms with Gasteiger partial charge in [0.1, 0.15) is 29.8 Å². The van der Waals surface area contributed by atoms with Gasteiger partial charge in [0.25, 0.3) is 19.3 Å². The van der Waals surface area contributed by atoms with Crippen LogP contribution in [0.25, 0.3) is 0 Å². The molecule has 18 nitrogen and oxygen atoms in total. The van der Waals surface area contributed by atoms with Crippen molar-refractivity contribution in [3.8, 4) is 0 Å². The summed E-state index contributed by atoms with van der Waals surface area (Å²) in [4.78, 5) is 64.8. The molecule has 0 amide bonds. The van der Waals surface area contributed by atoms with Crippen LogP contribution >= 0.6 is 31.9 Å². The van der Waals surface area contributed by atoms with Crippen LogP contribution in [0.1, 0.15) is 147 Å². The van der Waals surface area contributed by atoms with E-state index in [4.69, 9.17) is 25.8 Å². The van der Waals surface area contributed by atoms with Gasteiger partial charge in [-0.05, 0) is 239 Å². The monoisotopic (exact) mass is 1510 g/mol. The molecule has 6 aromatic rings. The quantitative estimate of drug-likeness (QED) is 0.0120. The topological polar surface area (TPSA) is 249 Å². The summed E-state index contributed by atoms with van der Waals surface area (Å²) in [6.07, 6.45) is 18.9. The van der Waals surface area contributed by atoms with Crippen LogP contribution in [0.5, 0.6) is 0 Å². The standard InChI is InChI=1S/C24H31BrF2N4O2.C24H32F2N4O2.C19H29F2N3O2.C5H3BrFN/c25-18-10-12-28-23(15-18)30-21(24(32)33)11-14-31(16-22(26)27)13-4-3-6-19-9-8-17-5-1-2-7-20(17)29-19;25-22(26)17-30(16-13-21(24(31)32)29-23-10-3-5-14-27-23)15-6-4-8-19-12-11-18-7-1-2-9-20(18)28-19;20-18(21)13-24(12-10-16(22)19(25)26)11-4-3-6-15-9-8-14-5-1-2-7-17(14)23-15;6-4-1-2-8-5(7)3-4/h8-10,12,15,21-22H,1-7,11,13-14,16H2,(H,28,30)(H,32,33);3,5,10-12,14,21-22H,1-2,4,6-9,13,15-17H2,(H,27,29)(H,31,32);8-9,16,18H,1-7,10-13,22H2,(H,25,26);1-3H/t2*21-;16-;/m000./s1. The number of aryl methyl sites for hydroxylation is 9. The van der Waals surface area contributed by atoms with Crippen molar-refractivity contribution in [2.45, 2.75) is 192 Å². The van der Waals surface area contributed by atoms with Crippen LogP contribution in [-0.2, 0) is 72.2 Å². The summed E-state index contributed by atoms with van der Waals surface area (Å²) in [7, 11) is 0. The van der Waals surface area contributed by atoms with E-state index in [-0.39, 0.29) is 58.5 Å². The van der Waals surface area contributed by atoms with Gasteiger partial charge in [-0.3, -0.25) is 34.4 Å². The Bertz CT molecular complexity index is 3340. The third kappa shape index (κ3) is 32.6. The largest absolute Gasteiger partial charge is 0.480 e. The molecule has 0 spiro atoms. The molecule has 0 fully saturated rings. The molecule has 0 aromatic carbocycles. The van der Waals surface area contributed by atoms with Gasteiger partial charge in [0.2, 0.25) is 5.95 Å². The van der Waals surface area contributed by atoms with E-state index in [1.54, 1.807) is 63.5 Å². The SMILES string of the molecule is Fc1cc(Br)ccn1.N[C@@H](CCN(CCCCc1ccc2c(n1)CCCC2)CC(F)F)C(=O)O.O=C(O)[C@H](CCN(CCCCc1ccc2c(n1)CCCC2)CC(F)F)Nc1cc(Br)ccn1.O=C(O)[C@H](CCN(CCCCc1ccc2c(n1)CCCC2)CC(F)F)Nc1ccccn1. The number of nitrogens with two attached hydrogens (primary N) is 1. The first-order chi connectivity index (χ1) is 47.7. The highest BCUT2D eigenvalue weighted by atomic mass is 79.9. The minimum absolute atomic E-state index is 0.175. The van der Waals surface area contributed by atoms with E-state index >= 15 is 0 Å². The zero-order valence-electron chi connectivity index (χ0n) is 56.1. The van der Waals surface area contributed by atoms with E-state index in [9.17, 15) is 55.3 Å². The molecular formula is C72H95Br2F7N12O6. The maximum atomic E-state index is 13.1. The van der Waals surface area contributed by atoms with Gasteiger partial charge >= 0.3 is 17.9 Å². The number of aliphatic carboxylic acids is 3. The lowest BCUT2D eigenvalue weighted by atomic mass is 9.95. The molecule has 0 bridgehead atoms. The number of pyridine rings is 6. The molecule has 3 aliphatic carbocycles. The Morgan fingerprint density at radius 2 is 0.838 bits per heavy atom. The highest BCUT2D eigenvalue weighted by Gasteiger charge is 2.24. The Morgan fingerprint density at radius 3 is 1.19 bits per heavy atom. The summed E-state index contributed by atoms with van der Waals surface area (Å²) < 4.78 is 91.2. The van der Waals surface area contributed by atoms with Gasteiger partial charge in [0, 0.05) is 87.4 Å². The molecule has 542 valence electrons. The van der Waals surface area contributed by atoms with E-state index in [0.29, 0.717) is 35.7 Å². The molecule has 0 aliphatic heterocycles. The number of fused-ring (bicyclic) bond motifs is 3. The molecule has 27 heteroatoms. The van der Waals surface area contributed by atoms with Crippen LogP contribution in [-0.4, -0.2) is 174 Å². The lowest BCUT2D eigenvalue weighted by Gasteiger charge is -2.24. The van der Waals surface area contributed by atoms with Gasteiger partial charge in [0.05, 0.1) is 19.6 Å². The zero-order chi connectivity index (χ0) is 71.3. The fourth-order valence-corrected chi connectivity index (χ4v) is 12.6. The van der Waals surface area contributed by atoms with Gasteiger partial charge in [-0.2, -0.15) is 4.39 Å². The van der Waals surface area contributed by atoms with Crippen LogP contribution in [0.2, 0.25) is 0 Å². The fraction of sp³-hybridized carbons (Fsp3) is 0.542. The van der Waals surface area contributed by atoms with Crippen molar-refractivity contribution >= 4 is 61.4 Å². The molecule has 9 rings (SSSR count). The maximum absolute atomic E-state index is 13.1. The number of aromatic nitrogens is 6. The van der Waals surface area contributed by atoms with Crippen molar-refractivity contribution in [1.82, 2.24) is 44.6 Å². The lowest BCUT2D eigenvalue weighted by Crippen LogP contribution is -2.37. The third-order valence-electron chi connectivity index (χ3n) is 17.2. The number of halogens is 9. The number of nitrogens with one attached hydrogen (secondary N) is 2. The Balaban J connectivity index is 0.000000222. The molecular weight excluding hydrogens is 1420 g/mol. The van der Waals surface area contributed by atoms with E-state index in [2.05, 4.69) is 93.8 Å². The van der Waals surface area contributed by atoms with Gasteiger partial charge in [0.15, 0.2) is 0 Å². The van der Waals surface area contributed by atoms with Crippen LogP contribution < -0.4 is 16.4 Å². The number of anilines is 2. The minimum Gasteiger partial charge on any atom is -0.480 e. The highest BCUT2D eigenvalue weighted by molar-refractivity contribution is 9.10. The molecule has 3 atom stereocenters. The van der Waals surface area contributed by atoms with E-state index < -0.39 is 61.3 Å². The van der Waals surface area contributed by atoms with Crippen LogP contribution in [0.3, 0.4) is 0 Å². The summed E-state index contributed by atoms with van der Waals surface area (Å²) in [5.41, 5.74) is 16.4. The zero-order valence-corrected chi connectivity index (χ0v) is 59.3. The van der Waals surface area contributed by atoms with Crippen molar-refractivity contribution < 1.29 is 60.4 Å². The first-order valence-electron chi connectivity index (χ1n) is 34.4. The summed E-state index contributed by atoms with van der Waals surface area (Å²) in [5.74, 6) is -2.73. The van der Waals surface area contributed by atoms with Gasteiger partial charge < -0.3 is 31.7 Å². The number of carboxylic acids is 3. The average molecular weight is 1520 g/mol. The number of carboxylic acid groups (broad SMARTS) is 3. The van der Waals surface area contributed by atoms with Crippen molar-refractivity contribution in [3.63, 3.8) is 0 Å². The fourth-order valence-electron chi connectivity index (χ4n) is 11.9. The predicted molar refractivity (Wildman–Crippen MR) is 376 cm³/mol. The van der Waals surface area contributed by atoms with Crippen molar-refractivity contribution in [2.24, 2.45) is 5.73 Å². The first-order valence-corrected chi connectivity index (χ1v) is 36.0. The molecule has 0 saturated heterocycles.